The summed E-state index contributed by atoms with van der Waals surface area (Å²) < 4.78 is 0. The summed E-state index contributed by atoms with van der Waals surface area (Å²) in [5.74, 6) is 1.60. The minimum atomic E-state index is -0.130. The fourth-order valence-electron chi connectivity index (χ4n) is 3.04. The van der Waals surface area contributed by atoms with E-state index in [9.17, 15) is 9.90 Å². The van der Waals surface area contributed by atoms with Crippen molar-refractivity contribution in [3.05, 3.63) is 23.9 Å². The zero-order valence-electron chi connectivity index (χ0n) is 15.4. The smallest absolute Gasteiger partial charge is 0.253 e. The Kier molecular flexibility index (Phi) is 6.21. The minimum Gasteiger partial charge on any atom is -0.396 e. The zero-order chi connectivity index (χ0) is 17.7. The highest BCUT2D eigenvalue weighted by atomic mass is 16.3. The summed E-state index contributed by atoms with van der Waals surface area (Å²) in [5, 5.41) is 12.2. The summed E-state index contributed by atoms with van der Waals surface area (Å²) >= 11 is 0. The van der Waals surface area contributed by atoms with Crippen LogP contribution in [0.4, 0.5) is 5.82 Å². The summed E-state index contributed by atoms with van der Waals surface area (Å²) in [6.07, 6.45) is 4.59. The number of aromatic nitrogens is 1. The molecule has 5 heteroatoms. The maximum atomic E-state index is 12.5. The fraction of sp³-hybridized carbons (Fsp3) is 0.684. The lowest BCUT2D eigenvalue weighted by Crippen LogP contribution is -2.44. The molecule has 2 heterocycles. The van der Waals surface area contributed by atoms with Crippen LogP contribution in [0.1, 0.15) is 57.3 Å². The highest BCUT2D eigenvalue weighted by Gasteiger charge is 2.26. The van der Waals surface area contributed by atoms with Crippen LogP contribution >= 0.6 is 0 Å². The van der Waals surface area contributed by atoms with Gasteiger partial charge in [-0.15, -0.1) is 0 Å². The number of hydrogen-bond acceptors (Lipinski definition) is 4. The molecule has 134 valence electrons. The van der Waals surface area contributed by atoms with Gasteiger partial charge in [0.05, 0.1) is 5.56 Å². The highest BCUT2D eigenvalue weighted by molar-refractivity contribution is 5.94. The number of carbonyl (C=O) groups is 1. The van der Waals surface area contributed by atoms with E-state index in [1.54, 1.807) is 6.20 Å². The largest absolute Gasteiger partial charge is 0.396 e. The second kappa shape index (κ2) is 7.97. The lowest BCUT2D eigenvalue weighted by atomic mass is 9.85. The third-order valence-corrected chi connectivity index (χ3v) is 4.89. The zero-order valence-corrected chi connectivity index (χ0v) is 15.4. The van der Waals surface area contributed by atoms with Gasteiger partial charge in [0, 0.05) is 31.9 Å². The van der Waals surface area contributed by atoms with E-state index in [1.165, 1.54) is 12.8 Å². The van der Waals surface area contributed by atoms with E-state index in [4.69, 9.17) is 0 Å². The van der Waals surface area contributed by atoms with Gasteiger partial charge >= 0.3 is 0 Å². The van der Waals surface area contributed by atoms with Gasteiger partial charge in [-0.05, 0) is 42.7 Å². The molecule has 0 radical (unpaired) electrons. The summed E-state index contributed by atoms with van der Waals surface area (Å²) in [6.45, 7) is 10.6. The molecule has 0 aliphatic carbocycles. The Morgan fingerprint density at radius 3 is 2.54 bits per heavy atom. The standard InChI is InChI=1S/C19H31N3O2/c1-14-7-10-22(11-8-14)17-6-5-15(13-20-17)18(24)21-16(9-12-23)19(2,3)4/h5-6,13-14,16,23H,7-12H2,1-4H3,(H,21,24). The first-order valence-corrected chi connectivity index (χ1v) is 8.94. The molecule has 1 saturated heterocycles. The van der Waals surface area contributed by atoms with Gasteiger partial charge in [0.15, 0.2) is 0 Å². The third-order valence-electron chi connectivity index (χ3n) is 4.89. The Balaban J connectivity index is 2.00. The molecule has 0 saturated carbocycles. The second-order valence-corrected chi connectivity index (χ2v) is 7.98. The number of nitrogens with zero attached hydrogens (tertiary/aromatic N) is 2. The van der Waals surface area contributed by atoms with E-state index in [0.717, 1.165) is 24.8 Å². The Morgan fingerprint density at radius 2 is 2.04 bits per heavy atom. The molecule has 1 aliphatic heterocycles. The molecule has 1 amide bonds. The quantitative estimate of drug-likeness (QED) is 0.869. The molecular weight excluding hydrogens is 302 g/mol. The van der Waals surface area contributed by atoms with Crippen LogP contribution in [0.2, 0.25) is 0 Å². The number of anilines is 1. The predicted molar refractivity (Wildman–Crippen MR) is 97.3 cm³/mol. The first-order chi connectivity index (χ1) is 11.3. The molecule has 2 N–H and O–H groups in total. The van der Waals surface area contributed by atoms with Crippen molar-refractivity contribution in [2.75, 3.05) is 24.6 Å². The number of nitrogens with one attached hydrogen (secondary N) is 1. The molecule has 1 aliphatic rings. The molecule has 24 heavy (non-hydrogen) atoms. The molecule has 0 bridgehead atoms. The number of carbonyl (C=O) groups excluding carboxylic acids is 1. The molecule has 1 aromatic rings. The van der Waals surface area contributed by atoms with Gasteiger partial charge in [0.1, 0.15) is 5.82 Å². The Bertz CT molecular complexity index is 529. The maximum absolute atomic E-state index is 12.5. The molecule has 0 spiro atoms. The predicted octanol–water partition coefficient (Wildman–Crippen LogP) is 2.84. The van der Waals surface area contributed by atoms with E-state index in [2.05, 4.69) is 42.9 Å². The van der Waals surface area contributed by atoms with Crippen molar-refractivity contribution in [1.82, 2.24) is 10.3 Å². The maximum Gasteiger partial charge on any atom is 0.253 e. The van der Waals surface area contributed by atoms with Gasteiger partial charge in [-0.25, -0.2) is 4.98 Å². The molecule has 5 nitrogen and oxygen atoms in total. The van der Waals surface area contributed by atoms with Gasteiger partial charge in [0.2, 0.25) is 0 Å². The number of hydrogen-bond donors (Lipinski definition) is 2. The summed E-state index contributed by atoms with van der Waals surface area (Å²) in [4.78, 5) is 19.2. The van der Waals surface area contributed by atoms with E-state index in [-0.39, 0.29) is 24.0 Å². The fourth-order valence-corrected chi connectivity index (χ4v) is 3.04. The average Bonchev–Trinajstić information content (AvgIpc) is 2.54. The van der Waals surface area contributed by atoms with Gasteiger partial charge in [-0.2, -0.15) is 0 Å². The van der Waals surface area contributed by atoms with Crippen LogP contribution in [-0.2, 0) is 0 Å². The highest BCUT2D eigenvalue weighted by Crippen LogP contribution is 2.23. The van der Waals surface area contributed by atoms with Crippen LogP contribution < -0.4 is 10.2 Å². The van der Waals surface area contributed by atoms with Gasteiger partial charge in [0.25, 0.3) is 5.91 Å². The molecule has 1 atom stereocenters. The van der Waals surface area contributed by atoms with Crippen LogP contribution in [0.3, 0.4) is 0 Å². The summed E-state index contributed by atoms with van der Waals surface area (Å²) in [5.41, 5.74) is 0.465. The third kappa shape index (κ3) is 4.94. The molecule has 1 fully saturated rings. The lowest BCUT2D eigenvalue weighted by Gasteiger charge is -2.32. The lowest BCUT2D eigenvalue weighted by molar-refractivity contribution is 0.0885. The molecule has 1 unspecified atom stereocenters. The molecular formula is C19H31N3O2. The topological polar surface area (TPSA) is 65.5 Å². The summed E-state index contributed by atoms with van der Waals surface area (Å²) in [6, 6.07) is 3.70. The van der Waals surface area contributed by atoms with Crippen molar-refractivity contribution < 1.29 is 9.90 Å². The first kappa shape index (κ1) is 18.7. The first-order valence-electron chi connectivity index (χ1n) is 8.94. The number of pyridine rings is 1. The van der Waals surface area contributed by atoms with E-state index in [1.807, 2.05) is 12.1 Å². The SMILES string of the molecule is CC1CCN(c2ccc(C(=O)NC(CCO)C(C)(C)C)cn2)CC1. The second-order valence-electron chi connectivity index (χ2n) is 7.98. The monoisotopic (exact) mass is 333 g/mol. The van der Waals surface area contributed by atoms with Crippen LogP contribution in [0.5, 0.6) is 0 Å². The number of rotatable bonds is 5. The van der Waals surface area contributed by atoms with Crippen LogP contribution in [0.25, 0.3) is 0 Å². The van der Waals surface area contributed by atoms with E-state index in [0.29, 0.717) is 12.0 Å². The van der Waals surface area contributed by atoms with Crippen molar-refractivity contribution in [2.24, 2.45) is 11.3 Å². The average molecular weight is 333 g/mol. The number of amides is 1. The number of piperidine rings is 1. The Labute approximate surface area is 145 Å². The van der Waals surface area contributed by atoms with Gasteiger partial charge in [-0.3, -0.25) is 4.79 Å². The normalized spacial score (nSPS) is 17.6. The van der Waals surface area contributed by atoms with Crippen molar-refractivity contribution >= 4 is 11.7 Å². The van der Waals surface area contributed by atoms with Crippen LogP contribution in [0, 0.1) is 11.3 Å². The van der Waals surface area contributed by atoms with Crippen LogP contribution in [0.15, 0.2) is 18.3 Å². The van der Waals surface area contributed by atoms with Gasteiger partial charge < -0.3 is 15.3 Å². The van der Waals surface area contributed by atoms with E-state index >= 15 is 0 Å². The Hall–Kier alpha value is -1.62. The van der Waals surface area contributed by atoms with E-state index < -0.39 is 0 Å². The Morgan fingerprint density at radius 1 is 1.38 bits per heavy atom. The van der Waals surface area contributed by atoms with Crippen molar-refractivity contribution in [3.8, 4) is 0 Å². The summed E-state index contributed by atoms with van der Waals surface area (Å²) in [7, 11) is 0. The van der Waals surface area contributed by atoms with Crippen molar-refractivity contribution in [1.29, 1.82) is 0 Å². The van der Waals surface area contributed by atoms with Crippen LogP contribution in [-0.4, -0.2) is 41.7 Å². The molecule has 2 rings (SSSR count). The van der Waals surface area contributed by atoms with Crippen molar-refractivity contribution in [2.45, 2.75) is 53.0 Å². The molecule has 0 aromatic carbocycles. The minimum absolute atomic E-state index is 0.0623. The number of aliphatic hydroxyl groups is 1. The van der Waals surface area contributed by atoms with Crippen molar-refractivity contribution in [3.63, 3.8) is 0 Å². The molecule has 1 aromatic heterocycles. The van der Waals surface area contributed by atoms with Gasteiger partial charge in [-0.1, -0.05) is 27.7 Å². The number of aliphatic hydroxyl groups excluding tert-OH is 1.